The van der Waals surface area contributed by atoms with Gasteiger partial charge in [0.2, 0.25) is 15.9 Å². The number of hydrogen-bond acceptors (Lipinski definition) is 6. The number of hydrogen-bond donors (Lipinski definition) is 2. The molecule has 0 spiro atoms. The standard InChI is InChI=1S/C17H28N6O4S.HI/c1-2-18-17(20-7-6-19-16(24)14-3-4-14)22-8-10-23(11-9-22)28(25,26)13-15-5-12-27-21-15;/h5,12,14H,2-4,6-11,13H2,1H3,(H,18,20)(H,19,24);1H. The SMILES string of the molecule is CCNC(=NCCNC(=O)C1CC1)N1CCN(S(=O)(=O)Cc2ccon2)CC1.I. The van der Waals surface area contributed by atoms with E-state index in [9.17, 15) is 13.2 Å². The predicted octanol–water partition coefficient (Wildman–Crippen LogP) is 0.232. The van der Waals surface area contributed by atoms with Gasteiger partial charge >= 0.3 is 0 Å². The Balaban J connectivity index is 0.00000300. The highest BCUT2D eigenvalue weighted by molar-refractivity contribution is 14.0. The monoisotopic (exact) mass is 540 g/mol. The smallest absolute Gasteiger partial charge is 0.223 e. The number of guanidine groups is 1. The van der Waals surface area contributed by atoms with Gasteiger partial charge in [0, 0.05) is 51.3 Å². The molecule has 3 rings (SSSR count). The summed E-state index contributed by atoms with van der Waals surface area (Å²) in [6.07, 6.45) is 3.35. The lowest BCUT2D eigenvalue weighted by molar-refractivity contribution is -0.122. The third kappa shape index (κ3) is 7.10. The molecule has 0 radical (unpaired) electrons. The molecule has 0 aromatic carbocycles. The summed E-state index contributed by atoms with van der Waals surface area (Å²) in [7, 11) is -3.42. The molecule has 0 atom stereocenters. The minimum absolute atomic E-state index is 0. The first kappa shape index (κ1) is 23.9. The second-order valence-electron chi connectivity index (χ2n) is 6.93. The Morgan fingerprint density at radius 3 is 2.59 bits per heavy atom. The highest BCUT2D eigenvalue weighted by atomic mass is 127. The number of carbonyl (C=O) groups is 1. The van der Waals surface area contributed by atoms with Crippen LogP contribution in [0.5, 0.6) is 0 Å². The van der Waals surface area contributed by atoms with E-state index in [0.29, 0.717) is 45.0 Å². The lowest BCUT2D eigenvalue weighted by Crippen LogP contribution is -2.54. The van der Waals surface area contributed by atoms with Crippen LogP contribution in [0.15, 0.2) is 21.8 Å². The van der Waals surface area contributed by atoms with Gasteiger partial charge in [0.15, 0.2) is 5.96 Å². The minimum atomic E-state index is -3.42. The Hall–Kier alpha value is -1.41. The van der Waals surface area contributed by atoms with Crippen LogP contribution >= 0.6 is 24.0 Å². The molecule has 1 saturated heterocycles. The third-order valence-corrected chi connectivity index (χ3v) is 6.52. The molecule has 12 heteroatoms. The molecule has 1 aliphatic heterocycles. The maximum Gasteiger partial charge on any atom is 0.223 e. The Labute approximate surface area is 188 Å². The number of carbonyl (C=O) groups excluding carboxylic acids is 1. The average Bonchev–Trinajstić information content (AvgIpc) is 3.42. The fourth-order valence-corrected chi connectivity index (χ4v) is 4.45. The molecule has 29 heavy (non-hydrogen) atoms. The molecule has 2 heterocycles. The molecule has 2 fully saturated rings. The van der Waals surface area contributed by atoms with E-state index in [-0.39, 0.29) is 41.6 Å². The number of rotatable bonds is 8. The van der Waals surface area contributed by atoms with Gasteiger partial charge in [-0.2, -0.15) is 4.31 Å². The summed E-state index contributed by atoms with van der Waals surface area (Å²) in [5.74, 6) is 0.908. The van der Waals surface area contributed by atoms with Crippen molar-refractivity contribution in [3.8, 4) is 0 Å². The van der Waals surface area contributed by atoms with Gasteiger partial charge in [0.25, 0.3) is 0 Å². The van der Waals surface area contributed by atoms with Crippen molar-refractivity contribution in [1.82, 2.24) is 25.0 Å². The molecule has 1 aromatic rings. The van der Waals surface area contributed by atoms with Gasteiger partial charge in [-0.05, 0) is 19.8 Å². The van der Waals surface area contributed by atoms with E-state index in [1.165, 1.54) is 10.6 Å². The first-order chi connectivity index (χ1) is 13.5. The zero-order valence-electron chi connectivity index (χ0n) is 16.5. The second kappa shape index (κ2) is 11.1. The van der Waals surface area contributed by atoms with Gasteiger partial charge in [-0.3, -0.25) is 9.79 Å². The van der Waals surface area contributed by atoms with Crippen molar-refractivity contribution in [2.24, 2.45) is 10.9 Å². The van der Waals surface area contributed by atoms with E-state index in [1.807, 2.05) is 11.8 Å². The average molecular weight is 540 g/mol. The van der Waals surface area contributed by atoms with Crippen molar-refractivity contribution in [3.05, 3.63) is 18.0 Å². The highest BCUT2D eigenvalue weighted by Gasteiger charge is 2.30. The van der Waals surface area contributed by atoms with Crippen LogP contribution in [-0.4, -0.2) is 80.5 Å². The summed E-state index contributed by atoms with van der Waals surface area (Å²) in [6.45, 7) is 5.60. The molecule has 2 N–H and O–H groups in total. The van der Waals surface area contributed by atoms with E-state index in [0.717, 1.165) is 25.3 Å². The molecule has 1 saturated carbocycles. The molecule has 10 nitrogen and oxygen atoms in total. The van der Waals surface area contributed by atoms with Gasteiger partial charge in [-0.15, -0.1) is 24.0 Å². The van der Waals surface area contributed by atoms with E-state index in [4.69, 9.17) is 4.52 Å². The van der Waals surface area contributed by atoms with Crippen molar-refractivity contribution in [1.29, 1.82) is 0 Å². The van der Waals surface area contributed by atoms with Crippen molar-refractivity contribution in [2.75, 3.05) is 45.8 Å². The van der Waals surface area contributed by atoms with E-state index < -0.39 is 10.0 Å². The first-order valence-corrected chi connectivity index (χ1v) is 11.3. The summed E-state index contributed by atoms with van der Waals surface area (Å²) < 4.78 is 31.3. The first-order valence-electron chi connectivity index (χ1n) is 9.67. The summed E-state index contributed by atoms with van der Waals surface area (Å²) in [4.78, 5) is 18.3. The van der Waals surface area contributed by atoms with Crippen LogP contribution in [-0.2, 0) is 20.6 Å². The fraction of sp³-hybridized carbons (Fsp3) is 0.706. The molecule has 2 aliphatic rings. The van der Waals surface area contributed by atoms with Gasteiger partial charge in [0.05, 0.1) is 12.2 Å². The summed E-state index contributed by atoms with van der Waals surface area (Å²) in [5, 5.41) is 9.82. The number of halogens is 1. The van der Waals surface area contributed by atoms with Gasteiger partial charge in [-0.1, -0.05) is 5.16 Å². The van der Waals surface area contributed by atoms with Crippen LogP contribution in [0.1, 0.15) is 25.5 Å². The molecule has 1 aliphatic carbocycles. The van der Waals surface area contributed by atoms with Crippen LogP contribution in [0.25, 0.3) is 0 Å². The van der Waals surface area contributed by atoms with Crippen LogP contribution < -0.4 is 10.6 Å². The maximum atomic E-state index is 12.5. The van der Waals surface area contributed by atoms with Crippen LogP contribution in [0.2, 0.25) is 0 Å². The highest BCUT2D eigenvalue weighted by Crippen LogP contribution is 2.28. The number of sulfonamides is 1. The molecule has 0 unspecified atom stereocenters. The number of piperazine rings is 1. The van der Waals surface area contributed by atoms with Crippen LogP contribution in [0, 0.1) is 5.92 Å². The fourth-order valence-electron chi connectivity index (χ4n) is 3.02. The van der Waals surface area contributed by atoms with Crippen LogP contribution in [0.4, 0.5) is 0 Å². The summed E-state index contributed by atoms with van der Waals surface area (Å²) in [6, 6.07) is 1.56. The lowest BCUT2D eigenvalue weighted by atomic mass is 10.4. The number of aliphatic imine (C=N–C) groups is 1. The molecule has 0 bridgehead atoms. The topological polar surface area (TPSA) is 120 Å². The minimum Gasteiger partial charge on any atom is -0.364 e. The Kier molecular flexibility index (Phi) is 9.14. The number of nitrogens with zero attached hydrogens (tertiary/aromatic N) is 4. The quantitative estimate of drug-likeness (QED) is 0.210. The van der Waals surface area contributed by atoms with Gasteiger partial charge < -0.3 is 20.1 Å². The number of aromatic nitrogens is 1. The van der Waals surface area contributed by atoms with Crippen molar-refractivity contribution < 1.29 is 17.7 Å². The van der Waals surface area contributed by atoms with Crippen molar-refractivity contribution in [3.63, 3.8) is 0 Å². The number of amides is 1. The zero-order valence-corrected chi connectivity index (χ0v) is 19.7. The summed E-state index contributed by atoms with van der Waals surface area (Å²) in [5.41, 5.74) is 0.408. The molecular formula is C17H29IN6O4S. The Morgan fingerprint density at radius 2 is 2.00 bits per heavy atom. The molecule has 1 aromatic heterocycles. The van der Waals surface area contributed by atoms with Gasteiger partial charge in [0.1, 0.15) is 12.0 Å². The van der Waals surface area contributed by atoms with E-state index >= 15 is 0 Å². The number of nitrogens with one attached hydrogen (secondary N) is 2. The van der Waals surface area contributed by atoms with Crippen molar-refractivity contribution >= 4 is 45.9 Å². The predicted molar refractivity (Wildman–Crippen MR) is 119 cm³/mol. The molecular weight excluding hydrogens is 511 g/mol. The lowest BCUT2D eigenvalue weighted by Gasteiger charge is -2.35. The summed E-state index contributed by atoms with van der Waals surface area (Å²) >= 11 is 0. The van der Waals surface area contributed by atoms with E-state index in [1.54, 1.807) is 6.07 Å². The normalized spacial score (nSPS) is 18.2. The third-order valence-electron chi connectivity index (χ3n) is 4.71. The zero-order chi connectivity index (χ0) is 20.0. The second-order valence-corrected chi connectivity index (χ2v) is 8.90. The van der Waals surface area contributed by atoms with E-state index in [2.05, 4.69) is 20.8 Å². The Morgan fingerprint density at radius 1 is 1.28 bits per heavy atom. The molecule has 1 amide bonds. The van der Waals surface area contributed by atoms with Crippen LogP contribution in [0.3, 0.4) is 0 Å². The largest absolute Gasteiger partial charge is 0.364 e. The van der Waals surface area contributed by atoms with Gasteiger partial charge in [-0.25, -0.2) is 8.42 Å². The van der Waals surface area contributed by atoms with Crippen molar-refractivity contribution in [2.45, 2.75) is 25.5 Å². The maximum absolute atomic E-state index is 12.5. The molecule has 164 valence electrons. The Bertz CT molecular complexity index is 774.